The van der Waals surface area contributed by atoms with Crippen LogP contribution in [0.15, 0.2) is 0 Å². The number of alkyl carbamates (subject to hydrolysis) is 1. The van der Waals surface area contributed by atoms with Gasteiger partial charge in [0.15, 0.2) is 0 Å². The normalized spacial score (nSPS) is 12.8. The molecule has 0 heterocycles. The predicted molar refractivity (Wildman–Crippen MR) is 53.2 cm³/mol. The van der Waals surface area contributed by atoms with E-state index < -0.39 is 15.9 Å². The summed E-state index contributed by atoms with van der Waals surface area (Å²) >= 11 is 15.9. The van der Waals surface area contributed by atoms with Crippen LogP contribution in [0.4, 0.5) is 4.79 Å². The van der Waals surface area contributed by atoms with E-state index in [1.807, 2.05) is 0 Å². The number of alkyl halides is 3. The second-order valence-electron chi connectivity index (χ2n) is 2.31. The van der Waals surface area contributed by atoms with Crippen LogP contribution in [0.3, 0.4) is 0 Å². The van der Waals surface area contributed by atoms with Gasteiger partial charge in [0.25, 0.3) is 0 Å². The quantitative estimate of drug-likeness (QED) is 0.739. The van der Waals surface area contributed by atoms with E-state index in [0.29, 0.717) is 0 Å². The van der Waals surface area contributed by atoms with E-state index in [1.165, 1.54) is 0 Å². The zero-order valence-corrected chi connectivity index (χ0v) is 9.23. The summed E-state index contributed by atoms with van der Waals surface area (Å²) in [6, 6.07) is 0.940. The maximum absolute atomic E-state index is 10.8. The molecule has 1 atom stereocenters. The number of nitrogens with zero attached hydrogens (tertiary/aromatic N) is 1. The second kappa shape index (κ2) is 6.14. The Bertz CT molecular complexity index is 235. The van der Waals surface area contributed by atoms with Crippen LogP contribution in [0.1, 0.15) is 0 Å². The summed E-state index contributed by atoms with van der Waals surface area (Å²) < 4.78 is 2.85. The molecule has 0 fully saturated rings. The van der Waals surface area contributed by atoms with Gasteiger partial charge >= 0.3 is 6.09 Å². The van der Waals surface area contributed by atoms with Crippen molar-refractivity contribution >= 4 is 40.9 Å². The van der Waals surface area contributed by atoms with Crippen LogP contribution < -0.4 is 11.1 Å². The van der Waals surface area contributed by atoms with Gasteiger partial charge in [-0.2, -0.15) is 5.26 Å². The third-order valence-electron chi connectivity index (χ3n) is 0.999. The lowest BCUT2D eigenvalue weighted by Gasteiger charge is -2.12. The minimum atomic E-state index is -1.64. The van der Waals surface area contributed by atoms with Crippen LogP contribution in [-0.4, -0.2) is 29.1 Å². The number of ether oxygens (including phenoxy) is 1. The average molecular weight is 261 g/mol. The van der Waals surface area contributed by atoms with Gasteiger partial charge in [-0.05, 0) is 0 Å². The van der Waals surface area contributed by atoms with Gasteiger partial charge in [-0.3, -0.25) is 0 Å². The highest BCUT2D eigenvalue weighted by atomic mass is 35.6. The van der Waals surface area contributed by atoms with Crippen LogP contribution in [0, 0.1) is 11.3 Å². The number of hydrogen-bond donors (Lipinski definition) is 2. The molecular weight excluding hydrogens is 252 g/mol. The van der Waals surface area contributed by atoms with E-state index in [1.54, 1.807) is 6.07 Å². The highest BCUT2D eigenvalue weighted by Gasteiger charge is 2.22. The monoisotopic (exact) mass is 259 g/mol. The zero-order valence-electron chi connectivity index (χ0n) is 6.97. The molecule has 0 aliphatic rings. The number of nitrogens with one attached hydrogen (secondary N) is 1. The summed E-state index contributed by atoms with van der Waals surface area (Å²) in [5.41, 5.74) is 5.19. The van der Waals surface area contributed by atoms with Crippen LogP contribution in [0.25, 0.3) is 0 Å². The number of halogens is 3. The van der Waals surface area contributed by atoms with Crippen molar-refractivity contribution in [1.82, 2.24) is 5.32 Å². The van der Waals surface area contributed by atoms with E-state index in [4.69, 9.17) is 45.8 Å². The summed E-state index contributed by atoms with van der Waals surface area (Å²) in [4.78, 5) is 10.8. The van der Waals surface area contributed by atoms with Crippen molar-refractivity contribution in [1.29, 1.82) is 5.26 Å². The molecule has 3 N–H and O–H groups in total. The molecule has 8 heteroatoms. The fraction of sp³-hybridized carbons (Fsp3) is 0.667. The van der Waals surface area contributed by atoms with Gasteiger partial charge in [0.1, 0.15) is 12.6 Å². The third-order valence-corrected chi connectivity index (χ3v) is 1.33. The third kappa shape index (κ3) is 8.20. The molecule has 80 valence electrons. The molecule has 0 aromatic heterocycles. The van der Waals surface area contributed by atoms with Gasteiger partial charge in [0, 0.05) is 6.54 Å². The lowest BCUT2D eigenvalue weighted by molar-refractivity contribution is 0.148. The second-order valence-corrected chi connectivity index (χ2v) is 4.82. The van der Waals surface area contributed by atoms with Gasteiger partial charge in [-0.15, -0.1) is 0 Å². The zero-order chi connectivity index (χ0) is 11.2. The van der Waals surface area contributed by atoms with E-state index in [0.717, 1.165) is 0 Å². The predicted octanol–water partition coefficient (Wildman–Crippen LogP) is 0.934. The van der Waals surface area contributed by atoms with Crippen molar-refractivity contribution in [3.05, 3.63) is 0 Å². The van der Waals surface area contributed by atoms with Crippen molar-refractivity contribution in [2.45, 2.75) is 9.83 Å². The first-order chi connectivity index (χ1) is 6.35. The van der Waals surface area contributed by atoms with Crippen molar-refractivity contribution in [3.8, 4) is 6.07 Å². The van der Waals surface area contributed by atoms with Gasteiger partial charge < -0.3 is 15.8 Å². The molecule has 0 aliphatic heterocycles. The summed E-state index contributed by atoms with van der Waals surface area (Å²) in [6.07, 6.45) is -0.790. The number of amides is 1. The fourth-order valence-electron chi connectivity index (χ4n) is 0.437. The Hall–Kier alpha value is -0.410. The van der Waals surface area contributed by atoms with Crippen molar-refractivity contribution in [3.63, 3.8) is 0 Å². The topological polar surface area (TPSA) is 88.1 Å². The van der Waals surface area contributed by atoms with Crippen LogP contribution in [0.2, 0.25) is 0 Å². The van der Waals surface area contributed by atoms with Crippen molar-refractivity contribution in [2.75, 3.05) is 13.2 Å². The van der Waals surface area contributed by atoms with E-state index >= 15 is 0 Å². The number of carbonyl (C=O) groups excluding carboxylic acids is 1. The summed E-state index contributed by atoms with van der Waals surface area (Å²) in [6.45, 7) is -0.388. The van der Waals surface area contributed by atoms with Gasteiger partial charge in [0.2, 0.25) is 3.79 Å². The molecule has 0 radical (unpaired) electrons. The lowest BCUT2D eigenvalue weighted by Crippen LogP contribution is -2.37. The van der Waals surface area contributed by atoms with Crippen LogP contribution >= 0.6 is 34.8 Å². The van der Waals surface area contributed by atoms with Crippen molar-refractivity contribution in [2.24, 2.45) is 5.73 Å². The number of rotatable bonds is 3. The smallest absolute Gasteiger partial charge is 0.407 e. The first kappa shape index (κ1) is 13.6. The molecule has 0 aliphatic carbocycles. The maximum atomic E-state index is 10.8. The van der Waals surface area contributed by atoms with Gasteiger partial charge in [-0.1, -0.05) is 34.8 Å². The first-order valence-electron chi connectivity index (χ1n) is 3.47. The van der Waals surface area contributed by atoms with Gasteiger partial charge in [-0.25, -0.2) is 4.79 Å². The van der Waals surface area contributed by atoms with E-state index in [9.17, 15) is 4.79 Å². The molecule has 0 saturated carbocycles. The summed E-state index contributed by atoms with van der Waals surface area (Å²) in [7, 11) is 0. The number of nitrogens with two attached hydrogens (primary N) is 1. The minimum absolute atomic E-state index is 0.0187. The standard InChI is InChI=1S/C6H8Cl3N3O2/c7-6(8,9)3-14-5(13)12-2-4(11)1-10/h4H,2-3,11H2,(H,12,13)/t4-/m1/s1. The highest BCUT2D eigenvalue weighted by molar-refractivity contribution is 6.67. The van der Waals surface area contributed by atoms with Crippen molar-refractivity contribution < 1.29 is 9.53 Å². The molecule has 0 unspecified atom stereocenters. The molecule has 0 saturated heterocycles. The van der Waals surface area contributed by atoms with Crippen LogP contribution in [-0.2, 0) is 4.74 Å². The van der Waals surface area contributed by atoms with Crippen LogP contribution in [0.5, 0.6) is 0 Å². The molecule has 0 rings (SSSR count). The highest BCUT2D eigenvalue weighted by Crippen LogP contribution is 2.25. The molecule has 1 amide bonds. The van der Waals surface area contributed by atoms with E-state index in [-0.39, 0.29) is 13.2 Å². The summed E-state index contributed by atoms with van der Waals surface area (Å²) in [5, 5.41) is 10.5. The molecule has 0 aromatic rings. The maximum Gasteiger partial charge on any atom is 0.407 e. The lowest BCUT2D eigenvalue weighted by atomic mass is 10.3. The number of carbonyl (C=O) groups is 1. The Kier molecular flexibility index (Phi) is 5.96. The number of hydrogen-bond acceptors (Lipinski definition) is 4. The molecule has 0 spiro atoms. The summed E-state index contributed by atoms with van der Waals surface area (Å²) in [5.74, 6) is 0. The molecule has 0 bridgehead atoms. The fourth-order valence-corrected chi connectivity index (χ4v) is 0.601. The Morgan fingerprint density at radius 2 is 2.21 bits per heavy atom. The Morgan fingerprint density at radius 3 is 2.64 bits per heavy atom. The Morgan fingerprint density at radius 1 is 1.64 bits per heavy atom. The minimum Gasteiger partial charge on any atom is -0.445 e. The Balaban J connectivity index is 3.63. The molecule has 14 heavy (non-hydrogen) atoms. The van der Waals surface area contributed by atoms with E-state index in [2.05, 4.69) is 10.1 Å². The number of nitriles is 1. The SMILES string of the molecule is N#C[C@@H](N)CNC(=O)OCC(Cl)(Cl)Cl. The molecular formula is C6H8Cl3N3O2. The average Bonchev–Trinajstić information content (AvgIpc) is 2.09. The molecule has 5 nitrogen and oxygen atoms in total. The molecule has 0 aromatic carbocycles. The first-order valence-corrected chi connectivity index (χ1v) is 4.61. The Labute approximate surface area is 96.0 Å². The van der Waals surface area contributed by atoms with Gasteiger partial charge in [0.05, 0.1) is 6.07 Å². The largest absolute Gasteiger partial charge is 0.445 e.